The first-order valence-corrected chi connectivity index (χ1v) is 12.7. The number of benzene rings is 1. The molecule has 1 aromatic rings. The zero-order valence-corrected chi connectivity index (χ0v) is 23.6. The summed E-state index contributed by atoms with van der Waals surface area (Å²) < 4.78 is 31.1. The minimum absolute atomic E-state index is 0.0103. The van der Waals surface area contributed by atoms with Crippen LogP contribution in [0.3, 0.4) is 0 Å². The van der Waals surface area contributed by atoms with E-state index < -0.39 is 48.7 Å². The Morgan fingerprint density at radius 1 is 0.684 bits per heavy atom. The minimum atomic E-state index is -1.08. The molecule has 0 bridgehead atoms. The smallest absolute Gasteiger partial charge is 0.459 e. The van der Waals surface area contributed by atoms with Crippen LogP contribution in [0.4, 0.5) is 9.59 Å². The standard InChI is InChI=1S/C27H41NO10/c1-14(2)17(7)24(29)35-18(8)19(9)36-25(30)21(28)12-20-10-11-22(37-26(31)33-15(3)4)23(13-20)38-27(32)34-16(5)6/h10-11,13-19,21H,12,28H2,1-9H3/t17?,18-,19-,21-/m0/s1. The summed E-state index contributed by atoms with van der Waals surface area (Å²) in [6.07, 6.45) is -4.25. The SMILES string of the molecule is CC(C)OC(=O)Oc1ccc(C[C@H](N)C(=O)O[C@@H](C)[C@H](C)OC(=O)C(C)C(C)C)cc1OC(=O)OC(C)C. The zero-order valence-electron chi connectivity index (χ0n) is 23.6. The molecule has 4 atom stereocenters. The number of ether oxygens (including phenoxy) is 6. The van der Waals surface area contributed by atoms with Gasteiger partial charge in [-0.15, -0.1) is 0 Å². The summed E-state index contributed by atoms with van der Waals surface area (Å²) in [5.74, 6) is -1.47. The van der Waals surface area contributed by atoms with Crippen LogP contribution < -0.4 is 15.2 Å². The summed E-state index contributed by atoms with van der Waals surface area (Å²) in [6, 6.07) is 3.25. The average Bonchev–Trinajstić information content (AvgIpc) is 2.78. The van der Waals surface area contributed by atoms with Crippen molar-refractivity contribution in [1.82, 2.24) is 0 Å². The third-order valence-electron chi connectivity index (χ3n) is 5.45. The average molecular weight is 540 g/mol. The Labute approximate surface area is 224 Å². The maximum Gasteiger partial charge on any atom is 0.514 e. The molecule has 1 rings (SSSR count). The highest BCUT2D eigenvalue weighted by molar-refractivity contribution is 5.76. The molecular weight excluding hydrogens is 498 g/mol. The summed E-state index contributed by atoms with van der Waals surface area (Å²) in [5.41, 5.74) is 6.55. The fraction of sp³-hybridized carbons (Fsp3) is 0.630. The molecule has 0 heterocycles. The van der Waals surface area contributed by atoms with E-state index in [0.717, 1.165) is 0 Å². The van der Waals surface area contributed by atoms with Gasteiger partial charge in [-0.3, -0.25) is 9.59 Å². The van der Waals surface area contributed by atoms with Crippen LogP contribution >= 0.6 is 0 Å². The lowest BCUT2D eigenvalue weighted by Gasteiger charge is -2.24. The molecule has 38 heavy (non-hydrogen) atoms. The molecular formula is C27H41NO10. The van der Waals surface area contributed by atoms with E-state index in [9.17, 15) is 19.2 Å². The second-order valence-electron chi connectivity index (χ2n) is 9.95. The van der Waals surface area contributed by atoms with Gasteiger partial charge in [0.2, 0.25) is 0 Å². The number of esters is 2. The van der Waals surface area contributed by atoms with Crippen LogP contribution in [0.15, 0.2) is 18.2 Å². The van der Waals surface area contributed by atoms with Gasteiger partial charge < -0.3 is 34.2 Å². The Morgan fingerprint density at radius 3 is 1.63 bits per heavy atom. The second kappa shape index (κ2) is 15.2. The molecule has 0 radical (unpaired) electrons. The molecule has 0 aromatic heterocycles. The molecule has 0 aliphatic carbocycles. The van der Waals surface area contributed by atoms with Crippen LogP contribution in [0.25, 0.3) is 0 Å². The summed E-state index contributed by atoms with van der Waals surface area (Å²) in [5, 5.41) is 0. The molecule has 0 aliphatic heterocycles. The molecule has 0 amide bonds. The first kappa shape index (κ1) is 32.7. The Kier molecular flexibility index (Phi) is 13.0. The fourth-order valence-corrected chi connectivity index (χ4v) is 2.82. The van der Waals surface area contributed by atoms with E-state index in [1.165, 1.54) is 12.1 Å². The highest BCUT2D eigenvalue weighted by atomic mass is 16.7. The molecule has 0 aliphatic rings. The van der Waals surface area contributed by atoms with Crippen LogP contribution in [0.5, 0.6) is 11.5 Å². The van der Waals surface area contributed by atoms with Gasteiger partial charge in [0, 0.05) is 0 Å². The van der Waals surface area contributed by atoms with Crippen LogP contribution in [0.2, 0.25) is 0 Å². The summed E-state index contributed by atoms with van der Waals surface area (Å²) in [6.45, 7) is 15.4. The summed E-state index contributed by atoms with van der Waals surface area (Å²) >= 11 is 0. The van der Waals surface area contributed by atoms with E-state index in [-0.39, 0.29) is 35.7 Å². The van der Waals surface area contributed by atoms with Gasteiger partial charge >= 0.3 is 24.2 Å². The van der Waals surface area contributed by atoms with Gasteiger partial charge in [0.05, 0.1) is 18.1 Å². The zero-order chi connectivity index (χ0) is 29.2. The number of rotatable bonds is 12. The van der Waals surface area contributed by atoms with Crippen molar-refractivity contribution >= 4 is 24.2 Å². The molecule has 0 saturated carbocycles. The van der Waals surface area contributed by atoms with Crippen molar-refractivity contribution in [2.75, 3.05) is 0 Å². The molecule has 1 unspecified atom stereocenters. The minimum Gasteiger partial charge on any atom is -0.459 e. The third-order valence-corrected chi connectivity index (χ3v) is 5.45. The maximum atomic E-state index is 12.6. The van der Waals surface area contributed by atoms with Crippen LogP contribution in [0.1, 0.15) is 67.9 Å². The fourth-order valence-electron chi connectivity index (χ4n) is 2.82. The summed E-state index contributed by atoms with van der Waals surface area (Å²) in [7, 11) is 0. The van der Waals surface area contributed by atoms with Gasteiger partial charge in [0.15, 0.2) is 11.5 Å². The van der Waals surface area contributed by atoms with E-state index in [1.54, 1.807) is 54.5 Å². The normalized spacial score (nSPS) is 14.3. The van der Waals surface area contributed by atoms with Gasteiger partial charge in [0.25, 0.3) is 0 Å². The van der Waals surface area contributed by atoms with Crippen LogP contribution in [-0.2, 0) is 35.0 Å². The Hall–Kier alpha value is -3.34. The van der Waals surface area contributed by atoms with Crippen LogP contribution in [-0.4, -0.2) is 54.7 Å². The topological polar surface area (TPSA) is 150 Å². The number of hydrogen-bond acceptors (Lipinski definition) is 11. The van der Waals surface area contributed by atoms with Crippen molar-refractivity contribution in [3.05, 3.63) is 23.8 Å². The van der Waals surface area contributed by atoms with E-state index >= 15 is 0 Å². The van der Waals surface area contributed by atoms with Crippen molar-refractivity contribution < 1.29 is 47.6 Å². The Balaban J connectivity index is 2.92. The van der Waals surface area contributed by atoms with E-state index in [2.05, 4.69) is 0 Å². The molecule has 2 N–H and O–H groups in total. The van der Waals surface area contributed by atoms with Gasteiger partial charge in [-0.1, -0.05) is 26.8 Å². The summed E-state index contributed by atoms with van der Waals surface area (Å²) in [4.78, 5) is 48.8. The predicted octanol–water partition coefficient (Wildman–Crippen LogP) is 4.56. The monoisotopic (exact) mass is 539 g/mol. The molecule has 214 valence electrons. The van der Waals surface area contributed by atoms with E-state index in [4.69, 9.17) is 34.2 Å². The van der Waals surface area contributed by atoms with Gasteiger partial charge in [-0.2, -0.15) is 0 Å². The van der Waals surface area contributed by atoms with Crippen molar-refractivity contribution in [1.29, 1.82) is 0 Å². The Morgan fingerprint density at radius 2 is 1.16 bits per heavy atom. The van der Waals surface area contributed by atoms with Crippen molar-refractivity contribution in [2.24, 2.45) is 17.6 Å². The van der Waals surface area contributed by atoms with Crippen molar-refractivity contribution in [2.45, 2.75) is 99.2 Å². The lowest BCUT2D eigenvalue weighted by atomic mass is 9.98. The second-order valence-corrected chi connectivity index (χ2v) is 9.95. The quantitative estimate of drug-likeness (QED) is 0.226. The molecule has 11 nitrogen and oxygen atoms in total. The maximum absolute atomic E-state index is 12.6. The molecule has 0 saturated heterocycles. The third kappa shape index (κ3) is 11.4. The van der Waals surface area contributed by atoms with Gasteiger partial charge in [-0.25, -0.2) is 9.59 Å². The molecule has 11 heteroatoms. The van der Waals surface area contributed by atoms with Gasteiger partial charge in [-0.05, 0) is 71.6 Å². The predicted molar refractivity (Wildman–Crippen MR) is 138 cm³/mol. The van der Waals surface area contributed by atoms with E-state index in [1.807, 2.05) is 13.8 Å². The number of carbonyl (C=O) groups excluding carboxylic acids is 4. The lowest BCUT2D eigenvalue weighted by Crippen LogP contribution is -2.40. The number of carbonyl (C=O) groups is 4. The van der Waals surface area contributed by atoms with Crippen molar-refractivity contribution in [3.63, 3.8) is 0 Å². The number of hydrogen-bond donors (Lipinski definition) is 1. The largest absolute Gasteiger partial charge is 0.514 e. The number of nitrogens with two attached hydrogens (primary N) is 1. The van der Waals surface area contributed by atoms with Gasteiger partial charge in [0.1, 0.15) is 18.2 Å². The first-order chi connectivity index (χ1) is 17.6. The highest BCUT2D eigenvalue weighted by Gasteiger charge is 2.27. The highest BCUT2D eigenvalue weighted by Crippen LogP contribution is 2.30. The van der Waals surface area contributed by atoms with Crippen molar-refractivity contribution in [3.8, 4) is 11.5 Å². The van der Waals surface area contributed by atoms with Crippen LogP contribution in [0, 0.1) is 11.8 Å². The molecule has 0 fully saturated rings. The molecule has 1 aromatic carbocycles. The molecule has 0 spiro atoms. The lowest BCUT2D eigenvalue weighted by molar-refractivity contribution is -0.169. The Bertz CT molecular complexity index is 959. The van der Waals surface area contributed by atoms with E-state index in [0.29, 0.717) is 5.56 Å². The first-order valence-electron chi connectivity index (χ1n) is 12.7.